The molecule has 0 bridgehead atoms. The summed E-state index contributed by atoms with van der Waals surface area (Å²) in [6.45, 7) is 0. The van der Waals surface area contributed by atoms with Crippen LogP contribution in [-0.2, 0) is 0 Å². The Hall–Kier alpha value is -2.74. The van der Waals surface area contributed by atoms with Gasteiger partial charge in [0.05, 0.1) is 15.9 Å². The van der Waals surface area contributed by atoms with E-state index >= 15 is 0 Å². The average molecular weight is 295 g/mol. The van der Waals surface area contributed by atoms with Gasteiger partial charge in [-0.2, -0.15) is 0 Å². The van der Waals surface area contributed by atoms with Crippen molar-refractivity contribution in [3.63, 3.8) is 0 Å². The molecule has 0 amide bonds. The van der Waals surface area contributed by atoms with Crippen LogP contribution in [0.3, 0.4) is 0 Å². The zero-order chi connectivity index (χ0) is 14.7. The van der Waals surface area contributed by atoms with Gasteiger partial charge in [0, 0.05) is 10.7 Å². The summed E-state index contributed by atoms with van der Waals surface area (Å²) < 4.78 is 0. The Morgan fingerprint density at radius 1 is 1.10 bits per heavy atom. The van der Waals surface area contributed by atoms with Crippen molar-refractivity contribution in [2.75, 3.05) is 5.32 Å². The summed E-state index contributed by atoms with van der Waals surface area (Å²) in [6, 6.07) is 7.26. The van der Waals surface area contributed by atoms with E-state index in [0.717, 1.165) is 12.3 Å². The van der Waals surface area contributed by atoms with Gasteiger partial charge in [-0.15, -0.1) is 0 Å². The van der Waals surface area contributed by atoms with Crippen molar-refractivity contribution >= 4 is 34.5 Å². The fourth-order valence-corrected chi connectivity index (χ4v) is 1.57. The van der Waals surface area contributed by atoms with Gasteiger partial charge < -0.3 is 5.32 Å². The molecule has 1 N–H and O–H groups in total. The zero-order valence-corrected chi connectivity index (χ0v) is 10.6. The van der Waals surface area contributed by atoms with E-state index in [-0.39, 0.29) is 5.82 Å². The number of pyridine rings is 1. The van der Waals surface area contributed by atoms with E-state index in [2.05, 4.69) is 10.3 Å². The quantitative estimate of drug-likeness (QED) is 0.684. The van der Waals surface area contributed by atoms with E-state index in [4.69, 9.17) is 11.6 Å². The van der Waals surface area contributed by atoms with Crippen molar-refractivity contribution in [2.45, 2.75) is 0 Å². The molecule has 0 saturated heterocycles. The zero-order valence-electron chi connectivity index (χ0n) is 9.82. The minimum Gasteiger partial charge on any atom is -0.334 e. The first kappa shape index (κ1) is 13.7. The molecule has 0 radical (unpaired) electrons. The van der Waals surface area contributed by atoms with E-state index in [1.54, 1.807) is 24.3 Å². The SMILES string of the molecule is O=[N+]([O-])c1cnc(Nc2ccc(Cl)cc2)c([N+](=O)[O-])c1. The summed E-state index contributed by atoms with van der Waals surface area (Å²) in [6.07, 6.45) is 0.950. The minimum absolute atomic E-state index is 0.0806. The van der Waals surface area contributed by atoms with Crippen LogP contribution in [0.25, 0.3) is 0 Å². The van der Waals surface area contributed by atoms with Crippen LogP contribution in [0, 0.1) is 20.2 Å². The molecular formula is C11H7ClN4O4. The molecule has 9 heteroatoms. The molecular weight excluding hydrogens is 288 g/mol. The number of halogens is 1. The largest absolute Gasteiger partial charge is 0.334 e. The second-order valence-electron chi connectivity index (χ2n) is 3.71. The summed E-state index contributed by atoms with van der Waals surface area (Å²) in [5, 5.41) is 24.7. The van der Waals surface area contributed by atoms with E-state index in [1.807, 2.05) is 0 Å². The van der Waals surface area contributed by atoms with Gasteiger partial charge in [-0.3, -0.25) is 20.2 Å². The van der Waals surface area contributed by atoms with Crippen molar-refractivity contribution in [1.82, 2.24) is 4.98 Å². The van der Waals surface area contributed by atoms with Crippen molar-refractivity contribution in [1.29, 1.82) is 0 Å². The lowest BCUT2D eigenvalue weighted by Crippen LogP contribution is -2.01. The van der Waals surface area contributed by atoms with Crippen LogP contribution in [0.4, 0.5) is 22.9 Å². The number of hydrogen-bond acceptors (Lipinski definition) is 6. The van der Waals surface area contributed by atoms with E-state index < -0.39 is 21.2 Å². The highest BCUT2D eigenvalue weighted by Crippen LogP contribution is 2.29. The molecule has 0 aliphatic heterocycles. The molecule has 0 saturated carbocycles. The lowest BCUT2D eigenvalue weighted by atomic mass is 10.3. The highest BCUT2D eigenvalue weighted by atomic mass is 35.5. The Bertz CT molecular complexity index is 675. The van der Waals surface area contributed by atoms with Crippen LogP contribution in [0.15, 0.2) is 36.5 Å². The summed E-state index contributed by atoms with van der Waals surface area (Å²) in [5.41, 5.74) is -0.397. The molecule has 0 atom stereocenters. The van der Waals surface area contributed by atoms with Crippen LogP contribution < -0.4 is 5.32 Å². The fraction of sp³-hybridized carbons (Fsp3) is 0. The Labute approximate surface area is 117 Å². The predicted octanol–water partition coefficient (Wildman–Crippen LogP) is 3.30. The molecule has 0 spiro atoms. The number of anilines is 2. The highest BCUT2D eigenvalue weighted by Gasteiger charge is 2.21. The third kappa shape index (κ3) is 2.98. The Morgan fingerprint density at radius 3 is 2.30 bits per heavy atom. The summed E-state index contributed by atoms with van der Waals surface area (Å²) in [5.74, 6) is -0.0806. The molecule has 0 fully saturated rings. The average Bonchev–Trinajstić information content (AvgIpc) is 2.41. The fourth-order valence-electron chi connectivity index (χ4n) is 1.45. The molecule has 1 heterocycles. The molecule has 1 aromatic heterocycles. The molecule has 1 aromatic carbocycles. The lowest BCUT2D eigenvalue weighted by Gasteiger charge is -2.05. The Morgan fingerprint density at radius 2 is 1.75 bits per heavy atom. The maximum Gasteiger partial charge on any atom is 0.318 e. The normalized spacial score (nSPS) is 10.1. The van der Waals surface area contributed by atoms with Crippen molar-refractivity contribution in [3.05, 3.63) is 61.8 Å². The van der Waals surface area contributed by atoms with E-state index in [1.165, 1.54) is 0 Å². The van der Waals surface area contributed by atoms with Gasteiger partial charge in [-0.05, 0) is 24.3 Å². The third-order valence-electron chi connectivity index (χ3n) is 2.37. The number of benzene rings is 1. The lowest BCUT2D eigenvalue weighted by molar-refractivity contribution is -0.394. The van der Waals surface area contributed by atoms with Crippen molar-refractivity contribution in [3.8, 4) is 0 Å². The molecule has 2 rings (SSSR count). The van der Waals surface area contributed by atoms with Crippen molar-refractivity contribution < 1.29 is 9.85 Å². The first-order valence-electron chi connectivity index (χ1n) is 5.29. The highest BCUT2D eigenvalue weighted by molar-refractivity contribution is 6.30. The minimum atomic E-state index is -0.744. The number of rotatable bonds is 4. The second-order valence-corrected chi connectivity index (χ2v) is 4.14. The second kappa shape index (κ2) is 5.49. The summed E-state index contributed by atoms with van der Waals surface area (Å²) in [7, 11) is 0. The monoisotopic (exact) mass is 294 g/mol. The summed E-state index contributed by atoms with van der Waals surface area (Å²) in [4.78, 5) is 23.7. The van der Waals surface area contributed by atoms with Gasteiger partial charge in [0.2, 0.25) is 5.82 Å². The first-order valence-corrected chi connectivity index (χ1v) is 5.66. The number of aromatic nitrogens is 1. The van der Waals surface area contributed by atoms with Crippen LogP contribution >= 0.6 is 11.6 Å². The Kier molecular flexibility index (Phi) is 3.76. The van der Waals surface area contributed by atoms with Gasteiger partial charge in [0.25, 0.3) is 5.69 Å². The van der Waals surface area contributed by atoms with Crippen LogP contribution in [0.5, 0.6) is 0 Å². The molecule has 0 aliphatic rings. The van der Waals surface area contributed by atoms with Gasteiger partial charge >= 0.3 is 5.69 Å². The first-order chi connectivity index (χ1) is 9.47. The van der Waals surface area contributed by atoms with E-state index in [0.29, 0.717) is 10.7 Å². The number of nitrogens with one attached hydrogen (secondary N) is 1. The van der Waals surface area contributed by atoms with Crippen LogP contribution in [-0.4, -0.2) is 14.8 Å². The molecule has 20 heavy (non-hydrogen) atoms. The van der Waals surface area contributed by atoms with Crippen LogP contribution in [0.2, 0.25) is 5.02 Å². The maximum absolute atomic E-state index is 10.9. The molecule has 2 aromatic rings. The van der Waals surface area contributed by atoms with Gasteiger partial charge in [0.1, 0.15) is 6.20 Å². The molecule has 8 nitrogen and oxygen atoms in total. The third-order valence-corrected chi connectivity index (χ3v) is 2.62. The molecule has 0 unspecified atom stereocenters. The number of nitro groups is 2. The molecule has 102 valence electrons. The van der Waals surface area contributed by atoms with Gasteiger partial charge in [-0.25, -0.2) is 4.98 Å². The number of hydrogen-bond donors (Lipinski definition) is 1. The van der Waals surface area contributed by atoms with Gasteiger partial charge in [0.15, 0.2) is 0 Å². The predicted molar refractivity (Wildman–Crippen MR) is 72.3 cm³/mol. The van der Waals surface area contributed by atoms with Crippen molar-refractivity contribution in [2.24, 2.45) is 0 Å². The number of nitrogens with zero attached hydrogens (tertiary/aromatic N) is 3. The molecule has 0 aliphatic carbocycles. The smallest absolute Gasteiger partial charge is 0.318 e. The Balaban J connectivity index is 2.38. The van der Waals surface area contributed by atoms with E-state index in [9.17, 15) is 20.2 Å². The standard InChI is InChI=1S/C11H7ClN4O4/c12-7-1-3-8(4-2-7)14-11-10(16(19)20)5-9(6-13-11)15(17)18/h1-6H,(H,13,14). The topological polar surface area (TPSA) is 111 Å². The van der Waals surface area contributed by atoms with Gasteiger partial charge in [-0.1, -0.05) is 11.6 Å². The maximum atomic E-state index is 10.9. The van der Waals surface area contributed by atoms with Crippen LogP contribution in [0.1, 0.15) is 0 Å². The summed E-state index contributed by atoms with van der Waals surface area (Å²) >= 11 is 5.73.